The third-order valence-electron chi connectivity index (χ3n) is 12.1. The first-order valence-corrected chi connectivity index (χ1v) is 22.3. The third kappa shape index (κ3) is 11.7. The summed E-state index contributed by atoms with van der Waals surface area (Å²) >= 11 is 0. The van der Waals surface area contributed by atoms with Crippen molar-refractivity contribution in [3.63, 3.8) is 0 Å². The molecule has 4 nitrogen and oxygen atoms in total. The lowest BCUT2D eigenvalue weighted by atomic mass is 9.70. The number of hydrogen-bond donors (Lipinski definition) is 4. The van der Waals surface area contributed by atoms with Crippen molar-refractivity contribution in [2.75, 3.05) is 0 Å². The van der Waals surface area contributed by atoms with Crippen molar-refractivity contribution in [3.8, 4) is 56.4 Å². The molecule has 4 aromatic rings. The first-order valence-electron chi connectivity index (χ1n) is 22.3. The summed E-state index contributed by atoms with van der Waals surface area (Å²) in [5.74, 6) is 0.147. The van der Waals surface area contributed by atoms with E-state index in [1.54, 1.807) is 12.1 Å². The molecule has 0 spiro atoms. The number of hydrogen-bond acceptors (Lipinski definition) is 4. The van der Waals surface area contributed by atoms with Crippen LogP contribution in [0.25, 0.3) is 33.4 Å². The van der Waals surface area contributed by atoms with Gasteiger partial charge in [0.25, 0.3) is 0 Å². The summed E-state index contributed by atoms with van der Waals surface area (Å²) in [5, 5.41) is 48.8. The number of phenolic OH excluding ortho intramolecular Hbond substituents is 4. The van der Waals surface area contributed by atoms with Gasteiger partial charge in [-0.05, 0) is 140 Å². The predicted molar refractivity (Wildman–Crippen MR) is 258 cm³/mol. The summed E-state index contributed by atoms with van der Waals surface area (Å²) in [6.07, 6.45) is 3.56. The Labute approximate surface area is 365 Å². The van der Waals surface area contributed by atoms with Crippen molar-refractivity contribution >= 4 is 0 Å². The van der Waals surface area contributed by atoms with E-state index < -0.39 is 0 Å². The molecule has 0 fully saturated rings. The van der Waals surface area contributed by atoms with Gasteiger partial charge in [-0.25, -0.2) is 0 Å². The van der Waals surface area contributed by atoms with Crippen LogP contribution in [0.2, 0.25) is 0 Å². The third-order valence-corrected chi connectivity index (χ3v) is 12.1. The zero-order chi connectivity index (χ0) is 46.0. The van der Waals surface area contributed by atoms with E-state index in [9.17, 15) is 20.4 Å². The first kappa shape index (κ1) is 48.7. The average molecular weight is 819 g/mol. The lowest BCUT2D eigenvalue weighted by Gasteiger charge is -2.35. The Bertz CT molecular complexity index is 2030. The van der Waals surface area contributed by atoms with Crippen LogP contribution in [0.1, 0.15) is 186 Å². The summed E-state index contributed by atoms with van der Waals surface area (Å²) in [4.78, 5) is 0. The van der Waals surface area contributed by atoms with Crippen molar-refractivity contribution in [2.45, 2.75) is 186 Å². The van der Waals surface area contributed by atoms with Crippen LogP contribution in [0.5, 0.6) is 23.0 Å². The molecular formula is C56H82O4. The van der Waals surface area contributed by atoms with Crippen molar-refractivity contribution < 1.29 is 20.4 Å². The van der Waals surface area contributed by atoms with E-state index in [0.717, 1.165) is 47.9 Å². The first-order chi connectivity index (χ1) is 26.8. The number of benzene rings is 4. The topological polar surface area (TPSA) is 80.9 Å². The minimum absolute atomic E-state index is 0.00371. The van der Waals surface area contributed by atoms with E-state index >= 15 is 0 Å². The van der Waals surface area contributed by atoms with Gasteiger partial charge in [0, 0.05) is 33.4 Å². The van der Waals surface area contributed by atoms with E-state index in [4.69, 9.17) is 0 Å². The Morgan fingerprint density at radius 2 is 0.483 bits per heavy atom. The molecule has 4 heteroatoms. The van der Waals surface area contributed by atoms with Gasteiger partial charge in [0.15, 0.2) is 0 Å². The fourth-order valence-corrected chi connectivity index (χ4v) is 10.9. The van der Waals surface area contributed by atoms with Gasteiger partial charge in [-0.15, -0.1) is 0 Å². The smallest absolute Gasteiger partial charge is 0.131 e. The zero-order valence-corrected chi connectivity index (χ0v) is 41.4. The maximum atomic E-state index is 12.7. The molecule has 0 bridgehead atoms. The van der Waals surface area contributed by atoms with Gasteiger partial charge in [-0.1, -0.05) is 151 Å². The van der Waals surface area contributed by atoms with Gasteiger partial charge in [0.1, 0.15) is 23.0 Å². The largest absolute Gasteiger partial charge is 0.507 e. The molecule has 0 amide bonds. The summed E-state index contributed by atoms with van der Waals surface area (Å²) in [6.45, 7) is 44.8. The van der Waals surface area contributed by atoms with Gasteiger partial charge < -0.3 is 20.4 Å². The van der Waals surface area contributed by atoms with Crippen LogP contribution in [0.4, 0.5) is 0 Å². The van der Waals surface area contributed by atoms with Crippen LogP contribution < -0.4 is 0 Å². The highest BCUT2D eigenvalue weighted by Gasteiger charge is 2.35. The molecule has 0 saturated heterocycles. The molecule has 0 unspecified atom stereocenters. The molecule has 0 radical (unpaired) electrons. The summed E-state index contributed by atoms with van der Waals surface area (Å²) < 4.78 is 0. The molecule has 4 N–H and O–H groups in total. The summed E-state index contributed by atoms with van der Waals surface area (Å²) in [6, 6.07) is 19.7. The quantitative estimate of drug-likeness (QED) is 0.122. The Kier molecular flexibility index (Phi) is 13.1. The molecule has 0 heterocycles. The molecule has 330 valence electrons. The molecule has 4 rings (SSSR count). The normalized spacial score (nSPS) is 13.9. The lowest BCUT2D eigenvalue weighted by molar-refractivity contribution is 0.283. The maximum Gasteiger partial charge on any atom is 0.131 e. The molecule has 60 heavy (non-hydrogen) atoms. The highest BCUT2D eigenvalue weighted by Crippen LogP contribution is 2.53. The predicted octanol–water partition coefficient (Wildman–Crippen LogP) is 16.4. The molecule has 0 aliphatic heterocycles. The number of aromatic hydroxyl groups is 4. The fourth-order valence-electron chi connectivity index (χ4n) is 10.9. The van der Waals surface area contributed by atoms with Gasteiger partial charge >= 0.3 is 0 Å². The molecule has 0 atom stereocenters. The van der Waals surface area contributed by atoms with E-state index in [-0.39, 0.29) is 66.3 Å². The standard InChI is InChI=1S/C56H82O4/c1-49(2,3)31-53(13,14)35-21-23-45(57)39(25-35)41-27-37(55(17,18)33-51(7,8)9)29-43(47(41)59)44-30-38(56(19,20)34-52(10,11)12)28-42(48(44)60)40-26-36(22-24-46(40)58)54(15,16)32-50(4,5)6/h21-30,57-60H,31-34H2,1-20H3. The van der Waals surface area contributed by atoms with Crippen molar-refractivity contribution in [2.24, 2.45) is 21.7 Å². The van der Waals surface area contributed by atoms with Crippen LogP contribution in [-0.2, 0) is 21.7 Å². The molecule has 0 aromatic heterocycles. The SMILES string of the molecule is CC(C)(C)CC(C)(C)c1ccc(O)c(-c2cc(C(C)(C)CC(C)(C)C)cc(-c3cc(C(C)(C)CC(C)(C)C)cc(-c4cc(C(C)(C)CC(C)(C)C)ccc4O)c3O)c2O)c1. The highest BCUT2D eigenvalue weighted by atomic mass is 16.3. The van der Waals surface area contributed by atoms with Crippen molar-refractivity contribution in [1.82, 2.24) is 0 Å². The van der Waals surface area contributed by atoms with Gasteiger partial charge in [0.05, 0.1) is 0 Å². The van der Waals surface area contributed by atoms with Gasteiger partial charge in [0.2, 0.25) is 0 Å². The number of rotatable bonds is 11. The molecule has 0 saturated carbocycles. The van der Waals surface area contributed by atoms with Crippen LogP contribution >= 0.6 is 0 Å². The van der Waals surface area contributed by atoms with Crippen LogP contribution in [-0.4, -0.2) is 20.4 Å². The number of phenols is 4. The monoisotopic (exact) mass is 819 g/mol. The Balaban J connectivity index is 2.19. The van der Waals surface area contributed by atoms with E-state index in [2.05, 4.69) is 138 Å². The van der Waals surface area contributed by atoms with Crippen LogP contribution in [0.15, 0.2) is 60.7 Å². The second-order valence-corrected chi connectivity index (χ2v) is 25.8. The van der Waals surface area contributed by atoms with Crippen molar-refractivity contribution in [1.29, 1.82) is 0 Å². The molecule has 4 aromatic carbocycles. The summed E-state index contributed by atoms with van der Waals surface area (Å²) in [5.41, 5.74) is 6.28. The highest BCUT2D eigenvalue weighted by molar-refractivity contribution is 5.92. The second kappa shape index (κ2) is 16.1. The van der Waals surface area contributed by atoms with Crippen molar-refractivity contribution in [3.05, 3.63) is 82.9 Å². The lowest BCUT2D eigenvalue weighted by Crippen LogP contribution is -2.25. The molecule has 0 aliphatic rings. The van der Waals surface area contributed by atoms with E-state index in [1.807, 2.05) is 48.5 Å². The Hall–Kier alpha value is -3.92. The van der Waals surface area contributed by atoms with Crippen LogP contribution in [0.3, 0.4) is 0 Å². The molecular weight excluding hydrogens is 737 g/mol. The fraction of sp³-hybridized carbons (Fsp3) is 0.571. The minimum Gasteiger partial charge on any atom is -0.507 e. The minimum atomic E-state index is -0.346. The average Bonchev–Trinajstić information content (AvgIpc) is 3.01. The molecule has 0 aliphatic carbocycles. The van der Waals surface area contributed by atoms with Crippen LogP contribution in [0, 0.1) is 21.7 Å². The second-order valence-electron chi connectivity index (χ2n) is 25.8. The van der Waals surface area contributed by atoms with Gasteiger partial charge in [-0.2, -0.15) is 0 Å². The van der Waals surface area contributed by atoms with E-state index in [0.29, 0.717) is 33.4 Å². The zero-order valence-electron chi connectivity index (χ0n) is 41.4. The Morgan fingerprint density at radius 1 is 0.283 bits per heavy atom. The van der Waals surface area contributed by atoms with Gasteiger partial charge in [-0.3, -0.25) is 0 Å². The summed E-state index contributed by atoms with van der Waals surface area (Å²) in [7, 11) is 0. The maximum absolute atomic E-state index is 12.7. The van der Waals surface area contributed by atoms with E-state index in [1.165, 1.54) is 0 Å². The Morgan fingerprint density at radius 3 is 0.717 bits per heavy atom.